The first-order valence-corrected chi connectivity index (χ1v) is 7.13. The molecule has 0 unspecified atom stereocenters. The second kappa shape index (κ2) is 6.03. The Hall–Kier alpha value is -1.60. The van der Waals surface area contributed by atoms with E-state index in [4.69, 9.17) is 10.5 Å². The normalized spacial score (nSPS) is 11.6. The highest BCUT2D eigenvalue weighted by molar-refractivity contribution is 9.10. The van der Waals surface area contributed by atoms with E-state index in [0.717, 1.165) is 4.47 Å². The number of benzene rings is 1. The molecule has 0 bridgehead atoms. The number of anilines is 1. The third-order valence-electron chi connectivity index (χ3n) is 2.23. The van der Waals surface area contributed by atoms with Gasteiger partial charge in [-0.25, -0.2) is 0 Å². The largest absolute Gasteiger partial charge is 0.507 e. The van der Waals surface area contributed by atoms with Crippen LogP contribution in [0.2, 0.25) is 0 Å². The fourth-order valence-corrected chi connectivity index (χ4v) is 2.40. The molecule has 0 saturated carbocycles. The van der Waals surface area contributed by atoms with Crippen LogP contribution >= 0.6 is 27.3 Å². The number of ether oxygens (including phenoxy) is 1. The highest BCUT2D eigenvalue weighted by atomic mass is 79.9. The minimum atomic E-state index is 0.165. The number of aromatic hydroxyl groups is 1. The van der Waals surface area contributed by atoms with Gasteiger partial charge in [-0.3, -0.25) is 0 Å². The Bertz CT molecular complexity index is 613. The SMILES string of the molecule is CCO/C(=C\c1cc(Br)ccc1O)c1nnc(N)s1. The Balaban J connectivity index is 2.43. The van der Waals surface area contributed by atoms with E-state index in [-0.39, 0.29) is 5.75 Å². The maximum absolute atomic E-state index is 9.83. The molecule has 2 rings (SSSR count). The lowest BCUT2D eigenvalue weighted by molar-refractivity contribution is 0.299. The van der Waals surface area contributed by atoms with Crippen molar-refractivity contribution < 1.29 is 9.84 Å². The Kier molecular flexibility index (Phi) is 4.39. The van der Waals surface area contributed by atoms with E-state index in [2.05, 4.69) is 26.1 Å². The van der Waals surface area contributed by atoms with Crippen LogP contribution in [0.3, 0.4) is 0 Å². The molecule has 19 heavy (non-hydrogen) atoms. The minimum Gasteiger partial charge on any atom is -0.507 e. The quantitative estimate of drug-likeness (QED) is 0.835. The Labute approximate surface area is 122 Å². The van der Waals surface area contributed by atoms with Crippen molar-refractivity contribution in [1.82, 2.24) is 10.2 Å². The van der Waals surface area contributed by atoms with Crippen molar-refractivity contribution in [3.8, 4) is 5.75 Å². The number of nitrogen functional groups attached to an aromatic ring is 1. The first kappa shape index (κ1) is 13.8. The van der Waals surface area contributed by atoms with Crippen molar-refractivity contribution >= 4 is 44.2 Å². The maximum Gasteiger partial charge on any atom is 0.203 e. The predicted octanol–water partition coefficient (Wildman–Crippen LogP) is 3.12. The van der Waals surface area contributed by atoms with Crippen molar-refractivity contribution in [2.24, 2.45) is 0 Å². The average Bonchev–Trinajstić information content (AvgIpc) is 2.80. The van der Waals surface area contributed by atoms with Gasteiger partial charge in [-0.2, -0.15) is 0 Å². The maximum atomic E-state index is 9.83. The van der Waals surface area contributed by atoms with Crippen molar-refractivity contribution in [2.45, 2.75) is 6.92 Å². The molecule has 0 fully saturated rings. The standard InChI is InChI=1S/C12H12BrN3O2S/c1-2-18-10(11-15-16-12(14)19-11)6-7-5-8(13)3-4-9(7)17/h3-6,17H,2H2,1H3,(H2,14,16)/b10-6-. The summed E-state index contributed by atoms with van der Waals surface area (Å²) >= 11 is 4.59. The van der Waals surface area contributed by atoms with Crippen molar-refractivity contribution in [1.29, 1.82) is 0 Å². The second-order valence-electron chi connectivity index (χ2n) is 3.59. The summed E-state index contributed by atoms with van der Waals surface area (Å²) in [4.78, 5) is 0. The Morgan fingerprint density at radius 3 is 2.95 bits per heavy atom. The van der Waals surface area contributed by atoms with E-state index < -0.39 is 0 Å². The number of rotatable bonds is 4. The van der Waals surface area contributed by atoms with Gasteiger partial charge in [0.1, 0.15) is 5.75 Å². The molecular weight excluding hydrogens is 330 g/mol. The molecule has 0 saturated heterocycles. The van der Waals surface area contributed by atoms with Crippen LogP contribution in [0, 0.1) is 0 Å². The molecule has 7 heteroatoms. The molecule has 1 heterocycles. The number of aromatic nitrogens is 2. The third kappa shape index (κ3) is 3.45. The van der Waals surface area contributed by atoms with Gasteiger partial charge in [-0.05, 0) is 31.2 Å². The third-order valence-corrected chi connectivity index (χ3v) is 3.49. The average molecular weight is 342 g/mol. The molecule has 3 N–H and O–H groups in total. The smallest absolute Gasteiger partial charge is 0.203 e. The summed E-state index contributed by atoms with van der Waals surface area (Å²) in [6.07, 6.45) is 1.71. The number of hydrogen-bond donors (Lipinski definition) is 2. The summed E-state index contributed by atoms with van der Waals surface area (Å²) in [6, 6.07) is 5.16. The van der Waals surface area contributed by atoms with E-state index in [9.17, 15) is 5.11 Å². The number of nitrogens with two attached hydrogens (primary N) is 1. The number of phenolic OH excluding ortho intramolecular Hbond substituents is 1. The van der Waals surface area contributed by atoms with Gasteiger partial charge in [0.15, 0.2) is 10.8 Å². The van der Waals surface area contributed by atoms with E-state index >= 15 is 0 Å². The number of halogens is 1. The van der Waals surface area contributed by atoms with Gasteiger partial charge in [0, 0.05) is 10.0 Å². The van der Waals surface area contributed by atoms with Gasteiger partial charge < -0.3 is 15.6 Å². The van der Waals surface area contributed by atoms with Crippen LogP contribution in [-0.2, 0) is 4.74 Å². The highest BCUT2D eigenvalue weighted by Gasteiger charge is 2.10. The topological polar surface area (TPSA) is 81.3 Å². The lowest BCUT2D eigenvalue weighted by Crippen LogP contribution is -1.91. The number of nitrogens with zero attached hydrogens (tertiary/aromatic N) is 2. The second-order valence-corrected chi connectivity index (χ2v) is 5.51. The molecule has 100 valence electrons. The molecule has 0 amide bonds. The Morgan fingerprint density at radius 1 is 1.53 bits per heavy atom. The molecule has 1 aromatic carbocycles. The molecule has 1 aromatic heterocycles. The summed E-state index contributed by atoms with van der Waals surface area (Å²) in [6.45, 7) is 2.36. The number of hydrogen-bond acceptors (Lipinski definition) is 6. The molecule has 0 radical (unpaired) electrons. The first-order chi connectivity index (χ1) is 9.10. The molecule has 5 nitrogen and oxygen atoms in total. The summed E-state index contributed by atoms with van der Waals surface area (Å²) < 4.78 is 6.39. The molecule has 0 aliphatic rings. The van der Waals surface area contributed by atoms with Crippen LogP contribution in [0.4, 0.5) is 5.13 Å². The lowest BCUT2D eigenvalue weighted by Gasteiger charge is -2.06. The number of phenols is 1. The monoisotopic (exact) mass is 341 g/mol. The van der Waals surface area contributed by atoms with Gasteiger partial charge >= 0.3 is 0 Å². The van der Waals surface area contributed by atoms with Crippen molar-refractivity contribution in [2.75, 3.05) is 12.3 Å². The van der Waals surface area contributed by atoms with Crippen LogP contribution in [0.1, 0.15) is 17.5 Å². The van der Waals surface area contributed by atoms with E-state index in [0.29, 0.717) is 28.1 Å². The molecular formula is C12H12BrN3O2S. The Morgan fingerprint density at radius 2 is 2.32 bits per heavy atom. The van der Waals surface area contributed by atoms with Gasteiger partial charge in [0.05, 0.1) is 6.61 Å². The fraction of sp³-hybridized carbons (Fsp3) is 0.167. The molecule has 0 aliphatic heterocycles. The lowest BCUT2D eigenvalue weighted by atomic mass is 10.2. The van der Waals surface area contributed by atoms with Crippen LogP contribution in [0.15, 0.2) is 22.7 Å². The van der Waals surface area contributed by atoms with E-state index in [1.54, 1.807) is 24.3 Å². The summed E-state index contributed by atoms with van der Waals surface area (Å²) in [5.74, 6) is 0.697. The fourth-order valence-electron chi connectivity index (χ4n) is 1.44. The minimum absolute atomic E-state index is 0.165. The van der Waals surface area contributed by atoms with Gasteiger partial charge in [-0.15, -0.1) is 10.2 Å². The van der Waals surface area contributed by atoms with Crippen LogP contribution < -0.4 is 5.73 Å². The molecule has 0 atom stereocenters. The summed E-state index contributed by atoms with van der Waals surface area (Å²) in [5, 5.41) is 18.5. The predicted molar refractivity (Wildman–Crippen MR) is 79.6 cm³/mol. The van der Waals surface area contributed by atoms with Gasteiger partial charge in [-0.1, -0.05) is 27.3 Å². The van der Waals surface area contributed by atoms with Gasteiger partial charge in [0.2, 0.25) is 5.13 Å². The molecule has 0 aliphatic carbocycles. The van der Waals surface area contributed by atoms with Crippen LogP contribution in [0.5, 0.6) is 5.75 Å². The zero-order valence-electron chi connectivity index (χ0n) is 10.1. The summed E-state index contributed by atoms with van der Waals surface area (Å²) in [5.41, 5.74) is 6.20. The molecule has 0 spiro atoms. The zero-order chi connectivity index (χ0) is 13.8. The van der Waals surface area contributed by atoms with E-state index in [1.807, 2.05) is 6.92 Å². The zero-order valence-corrected chi connectivity index (χ0v) is 12.5. The van der Waals surface area contributed by atoms with Gasteiger partial charge in [0.25, 0.3) is 0 Å². The highest BCUT2D eigenvalue weighted by Crippen LogP contribution is 2.29. The van der Waals surface area contributed by atoms with E-state index in [1.165, 1.54) is 11.3 Å². The van der Waals surface area contributed by atoms with Crippen molar-refractivity contribution in [3.05, 3.63) is 33.2 Å². The summed E-state index contributed by atoms with van der Waals surface area (Å²) in [7, 11) is 0. The van der Waals surface area contributed by atoms with Crippen molar-refractivity contribution in [3.63, 3.8) is 0 Å². The molecule has 2 aromatic rings. The van der Waals surface area contributed by atoms with Crippen LogP contribution in [0.25, 0.3) is 11.8 Å². The van der Waals surface area contributed by atoms with Crippen LogP contribution in [-0.4, -0.2) is 21.9 Å². The first-order valence-electron chi connectivity index (χ1n) is 5.52.